The predicted molar refractivity (Wildman–Crippen MR) is 93.3 cm³/mol. The monoisotopic (exact) mass is 319 g/mol. The Bertz CT molecular complexity index is 642. The summed E-state index contributed by atoms with van der Waals surface area (Å²) in [6.45, 7) is 3.81. The third kappa shape index (κ3) is 4.32. The molecule has 1 aromatic heterocycles. The summed E-state index contributed by atoms with van der Waals surface area (Å²) < 4.78 is 0. The molecule has 0 unspecified atom stereocenters. The normalized spacial score (nSPS) is 11.0. The number of hydrogen-bond acceptors (Lipinski definition) is 5. The summed E-state index contributed by atoms with van der Waals surface area (Å²) >= 11 is 6.22. The van der Waals surface area contributed by atoms with Gasteiger partial charge >= 0.3 is 0 Å². The van der Waals surface area contributed by atoms with Crippen LogP contribution in [0, 0.1) is 6.92 Å². The van der Waals surface area contributed by atoms with Crippen molar-refractivity contribution in [2.45, 2.75) is 13.3 Å². The molecule has 0 spiro atoms. The molecule has 0 aliphatic heterocycles. The molecule has 0 saturated heterocycles. The first-order chi connectivity index (χ1) is 10.5. The number of aromatic nitrogens is 2. The molecule has 0 amide bonds. The minimum Gasteiger partial charge on any atom is -0.369 e. The lowest BCUT2D eigenvalue weighted by Crippen LogP contribution is -2.17. The number of nitrogens with two attached hydrogens (primary N) is 1. The Hall–Kier alpha value is -1.85. The topological polar surface area (TPSA) is 67.1 Å². The molecule has 0 aliphatic rings. The van der Waals surface area contributed by atoms with Gasteiger partial charge in [0.2, 0.25) is 5.95 Å². The van der Waals surface area contributed by atoms with Crippen molar-refractivity contribution >= 4 is 23.4 Å². The standard InChI is InChI=1S/C16H22ClN5/c1-11-5-6-12(9-14(11)17)13-10-20-16(18)21-15(13)19-7-4-8-22(2)3/h5-6,9-10H,4,7-8H2,1-3H3,(H3,18,19,20,21). The van der Waals surface area contributed by atoms with Gasteiger partial charge < -0.3 is 16.0 Å². The molecule has 5 nitrogen and oxygen atoms in total. The highest BCUT2D eigenvalue weighted by Crippen LogP contribution is 2.29. The van der Waals surface area contributed by atoms with Crippen molar-refractivity contribution < 1.29 is 0 Å². The first-order valence-electron chi connectivity index (χ1n) is 7.25. The van der Waals surface area contributed by atoms with Gasteiger partial charge in [-0.3, -0.25) is 0 Å². The first-order valence-corrected chi connectivity index (χ1v) is 7.63. The van der Waals surface area contributed by atoms with Crippen LogP contribution in [0.2, 0.25) is 5.02 Å². The van der Waals surface area contributed by atoms with E-state index in [9.17, 15) is 0 Å². The van der Waals surface area contributed by atoms with Crippen molar-refractivity contribution in [2.75, 3.05) is 38.2 Å². The van der Waals surface area contributed by atoms with Gasteiger partial charge in [0.15, 0.2) is 0 Å². The van der Waals surface area contributed by atoms with E-state index in [1.807, 2.05) is 25.1 Å². The Morgan fingerprint density at radius 2 is 2.09 bits per heavy atom. The largest absolute Gasteiger partial charge is 0.369 e. The second-order valence-corrected chi connectivity index (χ2v) is 5.95. The van der Waals surface area contributed by atoms with E-state index in [-0.39, 0.29) is 5.95 Å². The van der Waals surface area contributed by atoms with E-state index in [1.165, 1.54) is 0 Å². The number of hydrogen-bond donors (Lipinski definition) is 2. The smallest absolute Gasteiger partial charge is 0.221 e. The van der Waals surface area contributed by atoms with Crippen LogP contribution in [0.3, 0.4) is 0 Å². The average molecular weight is 320 g/mol. The van der Waals surface area contributed by atoms with Gasteiger partial charge in [0.1, 0.15) is 5.82 Å². The summed E-state index contributed by atoms with van der Waals surface area (Å²) in [6, 6.07) is 5.93. The second-order valence-electron chi connectivity index (χ2n) is 5.54. The summed E-state index contributed by atoms with van der Waals surface area (Å²) in [4.78, 5) is 10.6. The summed E-state index contributed by atoms with van der Waals surface area (Å²) in [7, 11) is 4.12. The quantitative estimate of drug-likeness (QED) is 0.801. The van der Waals surface area contributed by atoms with Crippen molar-refractivity contribution in [3.8, 4) is 11.1 Å². The van der Waals surface area contributed by atoms with E-state index in [2.05, 4.69) is 34.3 Å². The molecule has 0 bridgehead atoms. The molecule has 3 N–H and O–H groups in total. The predicted octanol–water partition coefficient (Wildman–Crippen LogP) is 3.05. The summed E-state index contributed by atoms with van der Waals surface area (Å²) in [5.74, 6) is 1.00. The fourth-order valence-electron chi connectivity index (χ4n) is 2.10. The van der Waals surface area contributed by atoms with Gasteiger partial charge in [0.05, 0.1) is 0 Å². The molecule has 0 fully saturated rings. The third-order valence-electron chi connectivity index (χ3n) is 3.36. The zero-order chi connectivity index (χ0) is 16.1. The van der Waals surface area contributed by atoms with E-state index >= 15 is 0 Å². The van der Waals surface area contributed by atoms with Gasteiger partial charge in [0.25, 0.3) is 0 Å². The van der Waals surface area contributed by atoms with Crippen molar-refractivity contribution in [3.05, 3.63) is 35.0 Å². The molecule has 0 atom stereocenters. The average Bonchev–Trinajstić information content (AvgIpc) is 2.47. The van der Waals surface area contributed by atoms with Gasteiger partial charge in [-0.05, 0) is 51.2 Å². The van der Waals surface area contributed by atoms with Crippen LogP contribution in [-0.4, -0.2) is 42.1 Å². The van der Waals surface area contributed by atoms with Crippen molar-refractivity contribution in [3.63, 3.8) is 0 Å². The lowest BCUT2D eigenvalue weighted by Gasteiger charge is -2.13. The number of nitrogens with one attached hydrogen (secondary N) is 1. The Kier molecular flexibility index (Phi) is 5.57. The maximum Gasteiger partial charge on any atom is 0.221 e. The molecular formula is C16H22ClN5. The van der Waals surface area contributed by atoms with Crippen molar-refractivity contribution in [2.24, 2.45) is 0 Å². The van der Waals surface area contributed by atoms with Crippen LogP contribution >= 0.6 is 11.6 Å². The lowest BCUT2D eigenvalue weighted by molar-refractivity contribution is 0.405. The molecule has 0 aliphatic carbocycles. The molecule has 2 rings (SSSR count). The Morgan fingerprint density at radius 3 is 2.77 bits per heavy atom. The minimum atomic E-state index is 0.261. The Labute approximate surface area is 136 Å². The first kappa shape index (κ1) is 16.5. The van der Waals surface area contributed by atoms with Gasteiger partial charge in [-0.25, -0.2) is 4.98 Å². The van der Waals surface area contributed by atoms with Crippen LogP contribution in [-0.2, 0) is 0 Å². The maximum atomic E-state index is 6.22. The molecular weight excluding hydrogens is 298 g/mol. The number of aryl methyl sites for hydroxylation is 1. The maximum absolute atomic E-state index is 6.22. The van der Waals surface area contributed by atoms with E-state index in [0.29, 0.717) is 0 Å². The van der Waals surface area contributed by atoms with E-state index in [4.69, 9.17) is 17.3 Å². The zero-order valence-corrected chi connectivity index (χ0v) is 14.0. The van der Waals surface area contributed by atoms with E-state index < -0.39 is 0 Å². The van der Waals surface area contributed by atoms with Crippen molar-refractivity contribution in [1.29, 1.82) is 0 Å². The van der Waals surface area contributed by atoms with Crippen LogP contribution < -0.4 is 11.1 Å². The third-order valence-corrected chi connectivity index (χ3v) is 3.77. The number of nitrogens with zero attached hydrogens (tertiary/aromatic N) is 3. The highest BCUT2D eigenvalue weighted by atomic mass is 35.5. The van der Waals surface area contributed by atoms with Crippen LogP contribution in [0.5, 0.6) is 0 Å². The van der Waals surface area contributed by atoms with Gasteiger partial charge in [-0.15, -0.1) is 0 Å². The SMILES string of the molecule is Cc1ccc(-c2cnc(N)nc2NCCCN(C)C)cc1Cl. The minimum absolute atomic E-state index is 0.261. The second kappa shape index (κ2) is 7.42. The molecule has 0 saturated carbocycles. The zero-order valence-electron chi connectivity index (χ0n) is 13.2. The number of benzene rings is 1. The van der Waals surface area contributed by atoms with E-state index in [1.54, 1.807) is 6.20 Å². The highest BCUT2D eigenvalue weighted by molar-refractivity contribution is 6.31. The molecule has 22 heavy (non-hydrogen) atoms. The number of nitrogen functional groups attached to an aromatic ring is 1. The van der Waals surface area contributed by atoms with Crippen LogP contribution in [0.15, 0.2) is 24.4 Å². The Balaban J connectivity index is 2.21. The summed E-state index contributed by atoms with van der Waals surface area (Å²) in [5, 5.41) is 4.07. The van der Waals surface area contributed by atoms with Gasteiger partial charge in [0, 0.05) is 23.3 Å². The molecule has 2 aromatic rings. The Morgan fingerprint density at radius 1 is 1.32 bits per heavy atom. The highest BCUT2D eigenvalue weighted by Gasteiger charge is 2.09. The fourth-order valence-corrected chi connectivity index (χ4v) is 2.28. The summed E-state index contributed by atoms with van der Waals surface area (Å²) in [6.07, 6.45) is 2.75. The number of rotatable bonds is 6. The van der Waals surface area contributed by atoms with Crippen LogP contribution in [0.1, 0.15) is 12.0 Å². The van der Waals surface area contributed by atoms with Crippen molar-refractivity contribution in [1.82, 2.24) is 14.9 Å². The molecule has 0 radical (unpaired) electrons. The van der Waals surface area contributed by atoms with Gasteiger partial charge in [-0.2, -0.15) is 4.98 Å². The van der Waals surface area contributed by atoms with Crippen LogP contribution in [0.4, 0.5) is 11.8 Å². The molecule has 6 heteroatoms. The molecule has 1 heterocycles. The molecule has 118 valence electrons. The summed E-state index contributed by atoms with van der Waals surface area (Å²) in [5.41, 5.74) is 8.64. The number of anilines is 2. The number of halogens is 1. The van der Waals surface area contributed by atoms with Gasteiger partial charge in [-0.1, -0.05) is 23.7 Å². The molecule has 1 aromatic carbocycles. The van der Waals surface area contributed by atoms with Crippen LogP contribution in [0.25, 0.3) is 11.1 Å². The lowest BCUT2D eigenvalue weighted by atomic mass is 10.1. The fraction of sp³-hybridized carbons (Fsp3) is 0.375. The van der Waals surface area contributed by atoms with E-state index in [0.717, 1.165) is 47.0 Å².